The van der Waals surface area contributed by atoms with Crippen molar-refractivity contribution in [1.29, 1.82) is 0 Å². The van der Waals surface area contributed by atoms with Crippen LogP contribution in [-0.2, 0) is 10.0 Å². The van der Waals surface area contributed by atoms with Crippen LogP contribution in [0.5, 0.6) is 17.2 Å². The molecule has 0 saturated carbocycles. The van der Waals surface area contributed by atoms with Gasteiger partial charge in [0.25, 0.3) is 0 Å². The van der Waals surface area contributed by atoms with Crippen molar-refractivity contribution in [2.24, 2.45) is 0 Å². The molecule has 0 fully saturated rings. The van der Waals surface area contributed by atoms with Gasteiger partial charge in [-0.2, -0.15) is 0 Å². The average molecular weight is 423 g/mol. The topological polar surface area (TPSA) is 77.1 Å². The Labute approximate surface area is 173 Å². The smallest absolute Gasteiger partial charge is 0.244 e. The molecule has 2 rings (SSSR count). The van der Waals surface area contributed by atoms with E-state index in [9.17, 15) is 8.42 Å². The minimum atomic E-state index is -3.82. The van der Waals surface area contributed by atoms with Crippen LogP contribution in [0.1, 0.15) is 25.5 Å². The van der Waals surface area contributed by atoms with E-state index >= 15 is 0 Å². The second-order valence-corrected chi connectivity index (χ2v) is 8.12. The zero-order valence-electron chi connectivity index (χ0n) is 17.6. The summed E-state index contributed by atoms with van der Waals surface area (Å²) < 4.78 is 44.6. The van der Waals surface area contributed by atoms with E-state index < -0.39 is 10.0 Å². The van der Waals surface area contributed by atoms with Gasteiger partial charge in [-0.1, -0.05) is 26.0 Å². The number of nitrogens with one attached hydrogen (secondary N) is 1. The van der Waals surface area contributed by atoms with E-state index in [4.69, 9.17) is 14.2 Å². The molecular weight excluding hydrogens is 392 g/mol. The highest BCUT2D eigenvalue weighted by Gasteiger charge is 2.25. The minimum Gasteiger partial charge on any atom is -0.497 e. The van der Waals surface area contributed by atoms with Gasteiger partial charge in [0.1, 0.15) is 22.1 Å². The Morgan fingerprint density at radius 2 is 1.59 bits per heavy atom. The second kappa shape index (κ2) is 10.5. The molecule has 0 aromatic heterocycles. The lowest BCUT2D eigenvalue weighted by Crippen LogP contribution is -2.38. The highest BCUT2D eigenvalue weighted by Crippen LogP contribution is 2.29. The molecule has 0 spiro atoms. The number of methoxy groups -OCH3 is 3. The van der Waals surface area contributed by atoms with Crippen LogP contribution in [-0.4, -0.2) is 54.3 Å². The minimum absolute atomic E-state index is 0.0447. The zero-order valence-corrected chi connectivity index (χ0v) is 18.5. The molecule has 0 saturated heterocycles. The van der Waals surface area contributed by atoms with Gasteiger partial charge in [0.2, 0.25) is 10.0 Å². The number of benzene rings is 2. The van der Waals surface area contributed by atoms with E-state index in [2.05, 4.69) is 23.5 Å². The number of rotatable bonds is 11. The van der Waals surface area contributed by atoms with Crippen molar-refractivity contribution < 1.29 is 22.6 Å². The first-order valence-electron chi connectivity index (χ1n) is 9.49. The molecule has 1 N–H and O–H groups in total. The van der Waals surface area contributed by atoms with Gasteiger partial charge in [-0.3, -0.25) is 4.90 Å². The first-order chi connectivity index (χ1) is 13.9. The summed E-state index contributed by atoms with van der Waals surface area (Å²) in [6.45, 7) is 5.87. The molecule has 0 amide bonds. The van der Waals surface area contributed by atoms with Crippen LogP contribution in [0.4, 0.5) is 0 Å². The third-order valence-corrected chi connectivity index (χ3v) is 6.30. The summed E-state index contributed by atoms with van der Waals surface area (Å²) >= 11 is 0. The molecule has 0 aliphatic carbocycles. The standard InChI is InChI=1S/C21H30N2O5S/c1-6-23(7-2)19(16-9-8-10-17(13-16)26-3)15-22-29(24,25)21-14-18(27-4)11-12-20(21)28-5/h8-14,19,22H,6-7,15H2,1-5H3. The van der Waals surface area contributed by atoms with Crippen LogP contribution in [0.2, 0.25) is 0 Å². The van der Waals surface area contributed by atoms with E-state index in [1.807, 2.05) is 24.3 Å². The van der Waals surface area contributed by atoms with Gasteiger partial charge in [0.05, 0.1) is 21.3 Å². The van der Waals surface area contributed by atoms with E-state index in [0.29, 0.717) is 5.75 Å². The molecule has 0 heterocycles. The van der Waals surface area contributed by atoms with Crippen LogP contribution in [0.25, 0.3) is 0 Å². The van der Waals surface area contributed by atoms with Crippen molar-refractivity contribution in [3.63, 3.8) is 0 Å². The van der Waals surface area contributed by atoms with Gasteiger partial charge >= 0.3 is 0 Å². The predicted octanol–water partition coefficient (Wildman–Crippen LogP) is 3.07. The normalized spacial score (nSPS) is 12.6. The molecule has 1 unspecified atom stereocenters. The molecule has 7 nitrogen and oxygen atoms in total. The summed E-state index contributed by atoms with van der Waals surface area (Å²) in [7, 11) is 0.728. The summed E-state index contributed by atoms with van der Waals surface area (Å²) in [4.78, 5) is 2.24. The molecule has 8 heteroatoms. The molecule has 0 aliphatic rings. The van der Waals surface area contributed by atoms with E-state index in [1.54, 1.807) is 19.2 Å². The Morgan fingerprint density at radius 3 is 2.17 bits per heavy atom. The number of likely N-dealkylation sites (N-methyl/N-ethyl adjacent to an activating group) is 1. The molecule has 160 valence electrons. The maximum absolute atomic E-state index is 13.0. The molecule has 0 radical (unpaired) electrons. The van der Waals surface area contributed by atoms with Crippen molar-refractivity contribution in [2.45, 2.75) is 24.8 Å². The summed E-state index contributed by atoms with van der Waals surface area (Å²) in [5.41, 5.74) is 0.980. The van der Waals surface area contributed by atoms with Gasteiger partial charge in [-0.25, -0.2) is 13.1 Å². The summed E-state index contributed by atoms with van der Waals surface area (Å²) in [5, 5.41) is 0. The molecule has 0 bridgehead atoms. The summed E-state index contributed by atoms with van der Waals surface area (Å²) in [6, 6.07) is 12.2. The lowest BCUT2D eigenvalue weighted by Gasteiger charge is -2.30. The fourth-order valence-electron chi connectivity index (χ4n) is 3.23. The Bertz CT molecular complexity index is 898. The fraction of sp³-hybridized carbons (Fsp3) is 0.429. The number of hydrogen-bond acceptors (Lipinski definition) is 6. The summed E-state index contributed by atoms with van der Waals surface area (Å²) in [6.07, 6.45) is 0. The number of hydrogen-bond donors (Lipinski definition) is 1. The number of nitrogens with zero attached hydrogens (tertiary/aromatic N) is 1. The van der Waals surface area contributed by atoms with Crippen molar-refractivity contribution in [1.82, 2.24) is 9.62 Å². The van der Waals surface area contributed by atoms with Gasteiger partial charge in [0.15, 0.2) is 0 Å². The Balaban J connectivity index is 2.34. The fourth-order valence-corrected chi connectivity index (χ4v) is 4.45. The third kappa shape index (κ3) is 5.62. The molecule has 1 atom stereocenters. The maximum Gasteiger partial charge on any atom is 0.244 e. The lowest BCUT2D eigenvalue weighted by atomic mass is 10.0. The Hall–Kier alpha value is -2.29. The second-order valence-electron chi connectivity index (χ2n) is 6.38. The molecule has 2 aromatic carbocycles. The van der Waals surface area contributed by atoms with Crippen LogP contribution in [0.15, 0.2) is 47.4 Å². The van der Waals surface area contributed by atoms with Crippen molar-refractivity contribution in [3.05, 3.63) is 48.0 Å². The highest BCUT2D eigenvalue weighted by atomic mass is 32.2. The predicted molar refractivity (Wildman–Crippen MR) is 113 cm³/mol. The molecule has 2 aromatic rings. The average Bonchev–Trinajstić information content (AvgIpc) is 2.76. The quantitative estimate of drug-likeness (QED) is 0.600. The molecular formula is C21H30N2O5S. The number of ether oxygens (including phenoxy) is 3. The van der Waals surface area contributed by atoms with Crippen molar-refractivity contribution in [3.8, 4) is 17.2 Å². The van der Waals surface area contributed by atoms with Crippen molar-refractivity contribution in [2.75, 3.05) is 41.0 Å². The molecule has 0 aliphatic heterocycles. The Kier molecular flexibility index (Phi) is 8.31. The van der Waals surface area contributed by atoms with Crippen LogP contribution >= 0.6 is 0 Å². The maximum atomic E-state index is 13.0. The van der Waals surface area contributed by atoms with Gasteiger partial charge in [-0.05, 0) is 42.9 Å². The highest BCUT2D eigenvalue weighted by molar-refractivity contribution is 7.89. The largest absolute Gasteiger partial charge is 0.497 e. The Morgan fingerprint density at radius 1 is 0.931 bits per heavy atom. The van der Waals surface area contributed by atoms with E-state index in [0.717, 1.165) is 24.4 Å². The SMILES string of the molecule is CCN(CC)C(CNS(=O)(=O)c1cc(OC)ccc1OC)c1cccc(OC)c1. The van der Waals surface area contributed by atoms with Crippen LogP contribution in [0, 0.1) is 0 Å². The van der Waals surface area contributed by atoms with E-state index in [1.165, 1.54) is 20.3 Å². The number of sulfonamides is 1. The third-order valence-electron chi connectivity index (χ3n) is 4.86. The monoisotopic (exact) mass is 422 g/mol. The van der Waals surface area contributed by atoms with Gasteiger partial charge in [-0.15, -0.1) is 0 Å². The van der Waals surface area contributed by atoms with Crippen LogP contribution < -0.4 is 18.9 Å². The first-order valence-corrected chi connectivity index (χ1v) is 11.0. The van der Waals surface area contributed by atoms with Crippen LogP contribution in [0.3, 0.4) is 0 Å². The zero-order chi connectivity index (χ0) is 21.4. The van der Waals surface area contributed by atoms with E-state index in [-0.39, 0.29) is 23.2 Å². The lowest BCUT2D eigenvalue weighted by molar-refractivity contribution is 0.219. The first kappa shape index (κ1) is 23.0. The van der Waals surface area contributed by atoms with Crippen molar-refractivity contribution >= 4 is 10.0 Å². The van der Waals surface area contributed by atoms with Gasteiger partial charge in [0, 0.05) is 18.7 Å². The molecule has 29 heavy (non-hydrogen) atoms. The van der Waals surface area contributed by atoms with Gasteiger partial charge < -0.3 is 14.2 Å². The summed E-state index contributed by atoms with van der Waals surface area (Å²) in [5.74, 6) is 1.44.